The van der Waals surface area contributed by atoms with Gasteiger partial charge in [-0.1, -0.05) is 12.8 Å². The highest BCUT2D eigenvalue weighted by Crippen LogP contribution is 2.26. The molecule has 11 heavy (non-hydrogen) atoms. The Morgan fingerprint density at radius 2 is 1.82 bits per heavy atom. The SMILES string of the molecule is Cl.NC(=O)C(N)C1CCCC1. The third-order valence-electron chi connectivity index (χ3n) is 2.24. The topological polar surface area (TPSA) is 69.1 Å². The second-order valence-electron chi connectivity index (χ2n) is 2.97. The zero-order valence-electron chi connectivity index (χ0n) is 6.45. The summed E-state index contributed by atoms with van der Waals surface area (Å²) in [5, 5.41) is 0. The number of halogens is 1. The molecule has 1 rings (SSSR count). The first-order valence-electron chi connectivity index (χ1n) is 3.76. The molecule has 1 unspecified atom stereocenters. The maximum absolute atomic E-state index is 10.6. The van der Waals surface area contributed by atoms with E-state index in [2.05, 4.69) is 0 Å². The van der Waals surface area contributed by atoms with Crippen LogP contribution in [0.3, 0.4) is 0 Å². The van der Waals surface area contributed by atoms with Gasteiger partial charge in [-0.2, -0.15) is 0 Å². The molecule has 1 atom stereocenters. The van der Waals surface area contributed by atoms with Crippen LogP contribution in [-0.4, -0.2) is 11.9 Å². The van der Waals surface area contributed by atoms with Crippen molar-refractivity contribution in [1.29, 1.82) is 0 Å². The highest BCUT2D eigenvalue weighted by atomic mass is 35.5. The fourth-order valence-corrected chi connectivity index (χ4v) is 1.55. The van der Waals surface area contributed by atoms with Crippen molar-refractivity contribution in [1.82, 2.24) is 0 Å². The lowest BCUT2D eigenvalue weighted by Gasteiger charge is -2.13. The summed E-state index contributed by atoms with van der Waals surface area (Å²) in [6.07, 6.45) is 4.55. The Balaban J connectivity index is 0.000001000. The van der Waals surface area contributed by atoms with E-state index in [-0.39, 0.29) is 18.3 Å². The Hall–Kier alpha value is -0.280. The van der Waals surface area contributed by atoms with Gasteiger partial charge in [-0.3, -0.25) is 4.79 Å². The lowest BCUT2D eigenvalue weighted by atomic mass is 9.99. The van der Waals surface area contributed by atoms with Gasteiger partial charge in [0.25, 0.3) is 0 Å². The Morgan fingerprint density at radius 3 is 2.18 bits per heavy atom. The predicted octanol–water partition coefficient (Wildman–Crippen LogP) is 0.411. The molecule has 1 aliphatic carbocycles. The van der Waals surface area contributed by atoms with Crippen LogP contribution in [0.15, 0.2) is 0 Å². The minimum atomic E-state index is -0.400. The van der Waals surface area contributed by atoms with Crippen LogP contribution < -0.4 is 11.5 Å². The van der Waals surface area contributed by atoms with Gasteiger partial charge in [-0.15, -0.1) is 12.4 Å². The van der Waals surface area contributed by atoms with Crippen molar-refractivity contribution in [2.24, 2.45) is 17.4 Å². The first-order valence-corrected chi connectivity index (χ1v) is 3.76. The van der Waals surface area contributed by atoms with Crippen molar-refractivity contribution in [2.75, 3.05) is 0 Å². The molecule has 4 N–H and O–H groups in total. The van der Waals surface area contributed by atoms with E-state index in [1.54, 1.807) is 0 Å². The molecular weight excluding hydrogens is 164 g/mol. The van der Waals surface area contributed by atoms with Crippen molar-refractivity contribution in [2.45, 2.75) is 31.7 Å². The van der Waals surface area contributed by atoms with Gasteiger partial charge in [-0.05, 0) is 18.8 Å². The molecule has 0 aliphatic heterocycles. The normalized spacial score (nSPS) is 20.8. The van der Waals surface area contributed by atoms with Gasteiger partial charge in [0.15, 0.2) is 0 Å². The average Bonchev–Trinajstić information content (AvgIpc) is 2.36. The first kappa shape index (κ1) is 10.7. The number of carbonyl (C=O) groups is 1. The van der Waals surface area contributed by atoms with Crippen molar-refractivity contribution in [3.8, 4) is 0 Å². The van der Waals surface area contributed by atoms with Crippen LogP contribution in [0.25, 0.3) is 0 Å². The molecule has 0 bridgehead atoms. The molecule has 4 heteroatoms. The second-order valence-corrected chi connectivity index (χ2v) is 2.97. The average molecular weight is 179 g/mol. The van der Waals surface area contributed by atoms with Gasteiger partial charge in [-0.25, -0.2) is 0 Å². The molecule has 0 heterocycles. The van der Waals surface area contributed by atoms with Gasteiger partial charge >= 0.3 is 0 Å². The Labute approximate surface area is 72.9 Å². The molecule has 0 aromatic rings. The molecule has 1 saturated carbocycles. The number of carbonyl (C=O) groups excluding carboxylic acids is 1. The number of primary amides is 1. The van der Waals surface area contributed by atoms with Crippen LogP contribution in [0.5, 0.6) is 0 Å². The van der Waals surface area contributed by atoms with Gasteiger partial charge in [0.05, 0.1) is 6.04 Å². The van der Waals surface area contributed by atoms with Crippen molar-refractivity contribution in [3.05, 3.63) is 0 Å². The van der Waals surface area contributed by atoms with E-state index < -0.39 is 6.04 Å². The molecule has 0 radical (unpaired) electrons. The number of hydrogen-bond donors (Lipinski definition) is 2. The highest BCUT2D eigenvalue weighted by molar-refractivity contribution is 5.85. The molecule has 0 spiro atoms. The molecule has 1 aliphatic rings. The largest absolute Gasteiger partial charge is 0.368 e. The van der Waals surface area contributed by atoms with Gasteiger partial charge in [0.2, 0.25) is 5.91 Å². The van der Waals surface area contributed by atoms with E-state index in [1.165, 1.54) is 12.8 Å². The summed E-state index contributed by atoms with van der Waals surface area (Å²) in [5.74, 6) is 0.00407. The van der Waals surface area contributed by atoms with Crippen molar-refractivity contribution in [3.63, 3.8) is 0 Å². The zero-order chi connectivity index (χ0) is 7.56. The summed E-state index contributed by atoms with van der Waals surface area (Å²) in [4.78, 5) is 10.6. The fourth-order valence-electron chi connectivity index (χ4n) is 1.55. The van der Waals surface area contributed by atoms with Crippen LogP contribution in [-0.2, 0) is 4.79 Å². The van der Waals surface area contributed by atoms with E-state index in [0.717, 1.165) is 12.8 Å². The highest BCUT2D eigenvalue weighted by Gasteiger charge is 2.25. The van der Waals surface area contributed by atoms with E-state index in [1.807, 2.05) is 0 Å². The molecule has 1 fully saturated rings. The quantitative estimate of drug-likeness (QED) is 0.643. The van der Waals surface area contributed by atoms with Crippen LogP contribution in [0, 0.1) is 5.92 Å². The van der Waals surface area contributed by atoms with E-state index in [4.69, 9.17) is 11.5 Å². The molecule has 3 nitrogen and oxygen atoms in total. The van der Waals surface area contributed by atoms with Crippen LogP contribution in [0.4, 0.5) is 0 Å². The van der Waals surface area contributed by atoms with Crippen LogP contribution >= 0.6 is 12.4 Å². The third-order valence-corrected chi connectivity index (χ3v) is 2.24. The second kappa shape index (κ2) is 4.57. The van der Waals surface area contributed by atoms with Gasteiger partial charge in [0.1, 0.15) is 0 Å². The molecular formula is C7H15ClN2O. The summed E-state index contributed by atoms with van der Waals surface area (Å²) < 4.78 is 0. The minimum absolute atomic E-state index is 0. The predicted molar refractivity (Wildman–Crippen MR) is 46.4 cm³/mol. The van der Waals surface area contributed by atoms with E-state index in [9.17, 15) is 4.79 Å². The molecule has 66 valence electrons. The number of nitrogens with two attached hydrogens (primary N) is 2. The fraction of sp³-hybridized carbons (Fsp3) is 0.857. The standard InChI is InChI=1S/C7H14N2O.ClH/c8-6(7(9)10)5-3-1-2-4-5;/h5-6H,1-4,8H2,(H2,9,10);1H. The van der Waals surface area contributed by atoms with E-state index >= 15 is 0 Å². The molecule has 0 aromatic heterocycles. The summed E-state index contributed by atoms with van der Waals surface area (Å²) in [6.45, 7) is 0. The van der Waals surface area contributed by atoms with Crippen molar-refractivity contribution >= 4 is 18.3 Å². The smallest absolute Gasteiger partial charge is 0.234 e. The molecule has 0 saturated heterocycles. The van der Waals surface area contributed by atoms with E-state index in [0.29, 0.717) is 5.92 Å². The number of rotatable bonds is 2. The maximum Gasteiger partial charge on any atom is 0.234 e. The van der Waals surface area contributed by atoms with Gasteiger partial charge in [0, 0.05) is 0 Å². The Kier molecular flexibility index (Phi) is 4.45. The van der Waals surface area contributed by atoms with Crippen LogP contribution in [0.1, 0.15) is 25.7 Å². The summed E-state index contributed by atoms with van der Waals surface area (Å²) in [6, 6.07) is -0.400. The molecule has 0 aromatic carbocycles. The lowest BCUT2D eigenvalue weighted by molar-refractivity contribution is -0.120. The summed E-state index contributed by atoms with van der Waals surface area (Å²) in [7, 11) is 0. The van der Waals surface area contributed by atoms with Gasteiger partial charge < -0.3 is 11.5 Å². The summed E-state index contributed by atoms with van der Waals surface area (Å²) >= 11 is 0. The van der Waals surface area contributed by atoms with Crippen LogP contribution in [0.2, 0.25) is 0 Å². The van der Waals surface area contributed by atoms with Crippen molar-refractivity contribution < 1.29 is 4.79 Å². The maximum atomic E-state index is 10.6. The third kappa shape index (κ3) is 2.67. The Bertz CT molecular complexity index is 134. The minimum Gasteiger partial charge on any atom is -0.368 e. The Morgan fingerprint density at radius 1 is 1.36 bits per heavy atom. The number of hydrogen-bond acceptors (Lipinski definition) is 2. The molecule has 1 amide bonds. The lowest BCUT2D eigenvalue weighted by Crippen LogP contribution is -2.41. The summed E-state index contributed by atoms with van der Waals surface area (Å²) in [5.41, 5.74) is 10.6. The first-order chi connectivity index (χ1) is 4.72. The zero-order valence-corrected chi connectivity index (χ0v) is 7.27. The monoisotopic (exact) mass is 178 g/mol. The number of amides is 1.